The minimum atomic E-state index is -2.47. The Bertz CT molecular complexity index is 2660. The van der Waals surface area contributed by atoms with Crippen LogP contribution in [0.15, 0.2) is 182 Å². The molecule has 0 fully saturated rings. The maximum atomic E-state index is 5.17. The van der Waals surface area contributed by atoms with Crippen LogP contribution in [0.3, 0.4) is 0 Å². The standard InChI is InChI=1S/C46H30N2Si/c1-3-12-36(13-4-1)49(37-14-5-2-6-15-37)43-18-10-9-17-39(43)41-29-34(25-28-44(41)49)31-19-21-32(22-20-31)42-27-24-33-23-26-40-38-16-8-7-11-35(38)30-47-46(40)45(33)48-42/h1-30H. The van der Waals surface area contributed by atoms with Crippen LogP contribution in [0.1, 0.15) is 0 Å². The first kappa shape index (κ1) is 27.9. The zero-order valence-electron chi connectivity index (χ0n) is 26.7. The first-order chi connectivity index (χ1) is 24.3. The van der Waals surface area contributed by atoms with Gasteiger partial charge in [-0.3, -0.25) is 4.98 Å². The maximum Gasteiger partial charge on any atom is 0.180 e. The van der Waals surface area contributed by atoms with Crippen LogP contribution in [0.2, 0.25) is 0 Å². The van der Waals surface area contributed by atoms with E-state index in [1.807, 2.05) is 6.20 Å². The van der Waals surface area contributed by atoms with E-state index in [-0.39, 0.29) is 0 Å². The van der Waals surface area contributed by atoms with E-state index in [2.05, 4.69) is 176 Å². The van der Waals surface area contributed by atoms with Crippen molar-refractivity contribution in [1.82, 2.24) is 9.97 Å². The van der Waals surface area contributed by atoms with Gasteiger partial charge in [-0.05, 0) is 60.5 Å². The van der Waals surface area contributed by atoms with Crippen LogP contribution >= 0.6 is 0 Å². The van der Waals surface area contributed by atoms with E-state index in [1.54, 1.807) is 0 Å². The predicted octanol–water partition coefficient (Wildman–Crippen LogP) is 8.63. The molecule has 0 spiro atoms. The predicted molar refractivity (Wildman–Crippen MR) is 208 cm³/mol. The molecule has 0 radical (unpaired) electrons. The highest BCUT2D eigenvalue weighted by Gasteiger charge is 2.48. The van der Waals surface area contributed by atoms with Gasteiger partial charge >= 0.3 is 0 Å². The minimum absolute atomic E-state index is 0.937. The van der Waals surface area contributed by atoms with Gasteiger partial charge in [-0.15, -0.1) is 0 Å². The van der Waals surface area contributed by atoms with Crippen LogP contribution in [0.25, 0.3) is 66.1 Å². The first-order valence-corrected chi connectivity index (χ1v) is 18.8. The van der Waals surface area contributed by atoms with Crippen molar-refractivity contribution in [3.8, 4) is 33.5 Å². The van der Waals surface area contributed by atoms with Gasteiger partial charge in [0.2, 0.25) is 0 Å². The second-order valence-corrected chi connectivity index (χ2v) is 16.7. The molecule has 3 heterocycles. The smallest absolute Gasteiger partial charge is 0.180 e. The summed E-state index contributed by atoms with van der Waals surface area (Å²) in [6.45, 7) is 0. The molecule has 0 saturated heterocycles. The van der Waals surface area contributed by atoms with Crippen LogP contribution in [-0.4, -0.2) is 18.0 Å². The lowest BCUT2D eigenvalue weighted by atomic mass is 9.98. The molecule has 2 nitrogen and oxygen atoms in total. The van der Waals surface area contributed by atoms with E-state index < -0.39 is 8.07 Å². The van der Waals surface area contributed by atoms with Crippen molar-refractivity contribution in [2.24, 2.45) is 0 Å². The molecule has 0 saturated carbocycles. The lowest BCUT2D eigenvalue weighted by Crippen LogP contribution is -2.72. The molecule has 1 aliphatic heterocycles. The number of pyridine rings is 2. The van der Waals surface area contributed by atoms with E-state index in [4.69, 9.17) is 9.97 Å². The molecule has 228 valence electrons. The quantitative estimate of drug-likeness (QED) is 0.143. The molecular formula is C46H30N2Si. The van der Waals surface area contributed by atoms with Gasteiger partial charge in [-0.1, -0.05) is 164 Å². The third-order valence-electron chi connectivity index (χ3n) is 10.4. The second kappa shape index (κ2) is 10.9. The third-order valence-corrected chi connectivity index (χ3v) is 15.3. The van der Waals surface area contributed by atoms with Crippen molar-refractivity contribution in [2.75, 3.05) is 0 Å². The SMILES string of the molecule is c1ccc([Si]2(c3ccccc3)c3ccccc3-c3cc(-c4ccc(-c5ccc6ccc7c8ccccc8cnc7c6n5)cc4)ccc32)cc1. The van der Waals surface area contributed by atoms with Gasteiger partial charge in [0.1, 0.15) is 0 Å². The molecule has 0 aliphatic carbocycles. The number of benzene rings is 7. The van der Waals surface area contributed by atoms with Crippen LogP contribution in [0, 0.1) is 0 Å². The largest absolute Gasteiger partial charge is 0.253 e. The van der Waals surface area contributed by atoms with E-state index in [1.165, 1.54) is 48.4 Å². The molecule has 2 aromatic heterocycles. The fourth-order valence-electron chi connectivity index (χ4n) is 8.13. The summed E-state index contributed by atoms with van der Waals surface area (Å²) in [5.41, 5.74) is 9.04. The summed E-state index contributed by atoms with van der Waals surface area (Å²) in [6.07, 6.45) is 1.96. The van der Waals surface area contributed by atoms with Gasteiger partial charge in [0.15, 0.2) is 8.07 Å². The Labute approximate surface area is 286 Å². The number of fused-ring (bicyclic) bond motifs is 8. The molecule has 0 N–H and O–H groups in total. The number of hydrogen-bond acceptors (Lipinski definition) is 2. The van der Waals surface area contributed by atoms with E-state index in [9.17, 15) is 0 Å². The molecular weight excluding hydrogens is 609 g/mol. The fraction of sp³-hybridized carbons (Fsp3) is 0. The highest BCUT2D eigenvalue weighted by atomic mass is 28.3. The van der Waals surface area contributed by atoms with Crippen molar-refractivity contribution in [1.29, 1.82) is 0 Å². The van der Waals surface area contributed by atoms with Crippen LogP contribution < -0.4 is 20.7 Å². The summed E-state index contributed by atoms with van der Waals surface area (Å²) in [5, 5.41) is 10.3. The normalized spacial score (nSPS) is 13.1. The van der Waals surface area contributed by atoms with Crippen LogP contribution in [-0.2, 0) is 0 Å². The third kappa shape index (κ3) is 4.19. The van der Waals surface area contributed by atoms with Crippen molar-refractivity contribution in [3.63, 3.8) is 0 Å². The zero-order valence-corrected chi connectivity index (χ0v) is 27.7. The van der Waals surface area contributed by atoms with Crippen molar-refractivity contribution in [2.45, 2.75) is 0 Å². The van der Waals surface area contributed by atoms with Gasteiger partial charge < -0.3 is 0 Å². The average molecular weight is 639 g/mol. The minimum Gasteiger partial charge on any atom is -0.253 e. The molecule has 0 amide bonds. The summed E-state index contributed by atoms with van der Waals surface area (Å²) in [4.78, 5) is 10.0. The Morgan fingerprint density at radius 3 is 1.82 bits per heavy atom. The summed E-state index contributed by atoms with van der Waals surface area (Å²) >= 11 is 0. The molecule has 9 aromatic rings. The van der Waals surface area contributed by atoms with Gasteiger partial charge in [-0.25, -0.2) is 4.98 Å². The summed E-state index contributed by atoms with van der Waals surface area (Å²) in [5.74, 6) is 0. The van der Waals surface area contributed by atoms with Gasteiger partial charge in [-0.2, -0.15) is 0 Å². The van der Waals surface area contributed by atoms with Gasteiger partial charge in [0.05, 0.1) is 16.7 Å². The summed E-state index contributed by atoms with van der Waals surface area (Å²) in [7, 11) is -2.47. The Kier molecular flexibility index (Phi) is 6.23. The van der Waals surface area contributed by atoms with Crippen molar-refractivity contribution < 1.29 is 0 Å². The maximum absolute atomic E-state index is 5.17. The monoisotopic (exact) mass is 638 g/mol. The lowest BCUT2D eigenvalue weighted by molar-refractivity contribution is 1.38. The molecule has 0 bridgehead atoms. The van der Waals surface area contributed by atoms with E-state index in [0.717, 1.165) is 38.4 Å². The fourth-order valence-corrected chi connectivity index (χ4v) is 13.3. The molecule has 49 heavy (non-hydrogen) atoms. The molecule has 3 heteroatoms. The number of rotatable bonds is 4. The zero-order chi connectivity index (χ0) is 32.4. The van der Waals surface area contributed by atoms with Crippen LogP contribution in [0.4, 0.5) is 0 Å². The molecule has 7 aromatic carbocycles. The van der Waals surface area contributed by atoms with Crippen molar-refractivity contribution in [3.05, 3.63) is 182 Å². The van der Waals surface area contributed by atoms with Gasteiger partial charge in [0.25, 0.3) is 0 Å². The average Bonchev–Trinajstić information content (AvgIpc) is 3.48. The Hall–Kier alpha value is -6.16. The summed E-state index contributed by atoms with van der Waals surface area (Å²) in [6, 6.07) is 64.5. The highest BCUT2D eigenvalue weighted by Crippen LogP contribution is 2.34. The Morgan fingerprint density at radius 1 is 0.388 bits per heavy atom. The van der Waals surface area contributed by atoms with Crippen molar-refractivity contribution >= 4 is 61.4 Å². The van der Waals surface area contributed by atoms with Gasteiger partial charge in [0, 0.05) is 27.9 Å². The molecule has 10 rings (SSSR count). The summed E-state index contributed by atoms with van der Waals surface area (Å²) < 4.78 is 0. The number of nitrogens with zero attached hydrogens (tertiary/aromatic N) is 2. The van der Waals surface area contributed by atoms with E-state index in [0.29, 0.717) is 0 Å². The Morgan fingerprint density at radius 2 is 1.02 bits per heavy atom. The van der Waals surface area contributed by atoms with Crippen LogP contribution in [0.5, 0.6) is 0 Å². The Balaban J connectivity index is 1.07. The molecule has 1 aliphatic rings. The molecule has 0 unspecified atom stereocenters. The molecule has 0 atom stereocenters. The van der Waals surface area contributed by atoms with E-state index >= 15 is 0 Å². The first-order valence-electron chi connectivity index (χ1n) is 16.8. The second-order valence-electron chi connectivity index (χ2n) is 12.9. The lowest BCUT2D eigenvalue weighted by Gasteiger charge is -2.31. The number of aromatic nitrogens is 2. The highest BCUT2D eigenvalue weighted by molar-refractivity contribution is 7.22. The number of hydrogen-bond donors (Lipinski definition) is 0. The topological polar surface area (TPSA) is 25.8 Å².